The maximum atomic E-state index is 11.6. The van der Waals surface area contributed by atoms with Gasteiger partial charge in [0.25, 0.3) is 5.56 Å². The van der Waals surface area contributed by atoms with Crippen LogP contribution in [0.2, 0.25) is 0 Å². The van der Waals surface area contributed by atoms with Crippen molar-refractivity contribution in [2.45, 2.75) is 38.1 Å². The van der Waals surface area contributed by atoms with Crippen molar-refractivity contribution in [2.24, 2.45) is 0 Å². The molecule has 0 bridgehead atoms. The van der Waals surface area contributed by atoms with Gasteiger partial charge < -0.3 is 5.32 Å². The zero-order chi connectivity index (χ0) is 13.0. The van der Waals surface area contributed by atoms with Crippen LogP contribution in [0.25, 0.3) is 0 Å². The van der Waals surface area contributed by atoms with E-state index in [1.54, 1.807) is 0 Å². The lowest BCUT2D eigenvalue weighted by atomic mass is 9.96. The van der Waals surface area contributed by atoms with Crippen LogP contribution in [0.15, 0.2) is 10.9 Å². The summed E-state index contributed by atoms with van der Waals surface area (Å²) in [5.74, 6) is 0.946. The number of rotatable bonds is 4. The Bertz CT molecular complexity index is 460. The third-order valence-corrected chi connectivity index (χ3v) is 3.79. The van der Waals surface area contributed by atoms with Crippen LogP contribution < -0.4 is 10.9 Å². The van der Waals surface area contributed by atoms with E-state index in [0.717, 1.165) is 12.8 Å². The minimum Gasteiger partial charge on any atom is -0.310 e. The molecule has 100 valence electrons. The zero-order valence-electron chi connectivity index (χ0n) is 10.6. The van der Waals surface area contributed by atoms with Gasteiger partial charge in [0.05, 0.1) is 11.8 Å². The summed E-state index contributed by atoms with van der Waals surface area (Å²) in [5.41, 5.74) is -0.153. The summed E-state index contributed by atoms with van der Waals surface area (Å²) in [4.78, 5) is 23.1. The molecule has 0 radical (unpaired) electrons. The SMILES string of the molecule is CSCC(=O)Nc1cc(=O)[nH]n1C1CCCCC1. The first-order valence-corrected chi connectivity index (χ1v) is 7.70. The summed E-state index contributed by atoms with van der Waals surface area (Å²) >= 11 is 1.47. The molecule has 0 saturated heterocycles. The Morgan fingerprint density at radius 1 is 1.50 bits per heavy atom. The van der Waals surface area contributed by atoms with Gasteiger partial charge in [-0.2, -0.15) is 11.8 Å². The monoisotopic (exact) mass is 269 g/mol. The minimum atomic E-state index is -0.153. The molecule has 0 atom stereocenters. The van der Waals surface area contributed by atoms with E-state index in [-0.39, 0.29) is 11.5 Å². The third-order valence-electron chi connectivity index (χ3n) is 3.24. The lowest BCUT2D eigenvalue weighted by molar-refractivity contribution is -0.113. The van der Waals surface area contributed by atoms with Gasteiger partial charge in [-0.3, -0.25) is 19.4 Å². The fraction of sp³-hybridized carbons (Fsp3) is 0.667. The second-order valence-corrected chi connectivity index (χ2v) is 5.51. The number of amides is 1. The highest BCUT2D eigenvalue weighted by molar-refractivity contribution is 7.99. The van der Waals surface area contributed by atoms with Crippen molar-refractivity contribution >= 4 is 23.5 Å². The van der Waals surface area contributed by atoms with Crippen LogP contribution in [0.3, 0.4) is 0 Å². The van der Waals surface area contributed by atoms with E-state index < -0.39 is 0 Å². The summed E-state index contributed by atoms with van der Waals surface area (Å²) in [6.45, 7) is 0. The second-order valence-electron chi connectivity index (χ2n) is 4.65. The van der Waals surface area contributed by atoms with Gasteiger partial charge >= 0.3 is 0 Å². The summed E-state index contributed by atoms with van der Waals surface area (Å²) in [6.07, 6.45) is 7.64. The van der Waals surface area contributed by atoms with Crippen molar-refractivity contribution in [3.8, 4) is 0 Å². The number of thioether (sulfide) groups is 1. The zero-order valence-corrected chi connectivity index (χ0v) is 11.4. The maximum Gasteiger partial charge on any atom is 0.266 e. The predicted molar refractivity (Wildman–Crippen MR) is 74.2 cm³/mol. The van der Waals surface area contributed by atoms with Gasteiger partial charge in [-0.25, -0.2) is 0 Å². The molecule has 0 aromatic carbocycles. The molecule has 18 heavy (non-hydrogen) atoms. The number of aromatic amines is 1. The summed E-state index contributed by atoms with van der Waals surface area (Å²) in [5, 5.41) is 5.60. The Balaban J connectivity index is 2.14. The normalized spacial score (nSPS) is 16.7. The highest BCUT2D eigenvalue weighted by atomic mass is 32.2. The van der Waals surface area contributed by atoms with Crippen LogP contribution in [0.1, 0.15) is 38.1 Å². The lowest BCUT2D eigenvalue weighted by Crippen LogP contribution is -2.21. The largest absolute Gasteiger partial charge is 0.310 e. The summed E-state index contributed by atoms with van der Waals surface area (Å²) in [6, 6.07) is 1.78. The van der Waals surface area contributed by atoms with E-state index in [0.29, 0.717) is 17.6 Å². The molecule has 6 heteroatoms. The summed E-state index contributed by atoms with van der Waals surface area (Å²) < 4.78 is 1.83. The van der Waals surface area contributed by atoms with E-state index in [9.17, 15) is 9.59 Å². The molecule has 0 spiro atoms. The first-order valence-electron chi connectivity index (χ1n) is 6.31. The summed E-state index contributed by atoms with van der Waals surface area (Å²) in [7, 11) is 0. The maximum absolute atomic E-state index is 11.6. The van der Waals surface area contributed by atoms with E-state index in [4.69, 9.17) is 0 Å². The Morgan fingerprint density at radius 3 is 2.89 bits per heavy atom. The molecule has 2 rings (SSSR count). The van der Waals surface area contributed by atoms with Crippen molar-refractivity contribution < 1.29 is 4.79 Å². The highest BCUT2D eigenvalue weighted by Gasteiger charge is 2.19. The van der Waals surface area contributed by atoms with Gasteiger partial charge in [0.15, 0.2) is 0 Å². The van der Waals surface area contributed by atoms with Crippen LogP contribution >= 0.6 is 11.8 Å². The van der Waals surface area contributed by atoms with Crippen LogP contribution in [0.5, 0.6) is 0 Å². The van der Waals surface area contributed by atoms with Crippen LogP contribution in [-0.2, 0) is 4.79 Å². The van der Waals surface area contributed by atoms with Crippen molar-refractivity contribution in [1.82, 2.24) is 9.78 Å². The van der Waals surface area contributed by atoms with Crippen molar-refractivity contribution in [2.75, 3.05) is 17.3 Å². The minimum absolute atomic E-state index is 0.0638. The molecule has 5 nitrogen and oxygen atoms in total. The third kappa shape index (κ3) is 3.19. The van der Waals surface area contributed by atoms with E-state index in [2.05, 4.69) is 10.4 Å². The van der Waals surface area contributed by atoms with Crippen molar-refractivity contribution in [1.29, 1.82) is 0 Å². The molecule has 0 unspecified atom stereocenters. The van der Waals surface area contributed by atoms with Crippen molar-refractivity contribution in [3.63, 3.8) is 0 Å². The molecule has 1 amide bonds. The predicted octanol–water partition coefficient (Wildman–Crippen LogP) is 1.98. The Labute approximate surface area is 110 Å². The van der Waals surface area contributed by atoms with Crippen LogP contribution in [0.4, 0.5) is 5.82 Å². The number of hydrogen-bond acceptors (Lipinski definition) is 3. The quantitative estimate of drug-likeness (QED) is 0.878. The highest BCUT2D eigenvalue weighted by Crippen LogP contribution is 2.29. The number of hydrogen-bond donors (Lipinski definition) is 2. The van der Waals surface area contributed by atoms with Gasteiger partial charge in [0.2, 0.25) is 5.91 Å². The number of nitrogens with zero attached hydrogens (tertiary/aromatic N) is 1. The Hall–Kier alpha value is -1.17. The fourth-order valence-corrected chi connectivity index (χ4v) is 2.77. The first kappa shape index (κ1) is 13.3. The number of H-pyrrole nitrogens is 1. The molecule has 0 aliphatic heterocycles. The number of carbonyl (C=O) groups is 1. The topological polar surface area (TPSA) is 66.9 Å². The molecule has 1 fully saturated rings. The number of carbonyl (C=O) groups excluding carboxylic acids is 1. The van der Waals surface area contributed by atoms with E-state index in [1.165, 1.54) is 37.1 Å². The Kier molecular flexibility index (Phi) is 4.52. The molecule has 1 saturated carbocycles. The molecular weight excluding hydrogens is 250 g/mol. The fourth-order valence-electron chi connectivity index (χ4n) is 2.44. The molecular formula is C12H19N3O2S. The molecule has 1 aromatic rings. The van der Waals surface area contributed by atoms with Gasteiger partial charge in [-0.1, -0.05) is 19.3 Å². The number of aromatic nitrogens is 2. The second kappa shape index (κ2) is 6.13. The number of nitrogens with one attached hydrogen (secondary N) is 2. The first-order chi connectivity index (χ1) is 8.70. The number of anilines is 1. The van der Waals surface area contributed by atoms with Gasteiger partial charge in [0.1, 0.15) is 5.82 Å². The molecule has 2 N–H and O–H groups in total. The lowest BCUT2D eigenvalue weighted by Gasteiger charge is -2.24. The molecule has 1 aliphatic rings. The molecule has 1 aliphatic carbocycles. The average molecular weight is 269 g/mol. The molecule has 1 aromatic heterocycles. The van der Waals surface area contributed by atoms with Crippen molar-refractivity contribution in [3.05, 3.63) is 16.4 Å². The van der Waals surface area contributed by atoms with E-state index >= 15 is 0 Å². The molecule has 1 heterocycles. The smallest absolute Gasteiger partial charge is 0.266 e. The standard InChI is InChI=1S/C12H19N3O2S/c1-18-8-12(17)13-10-7-11(16)14-15(10)9-5-3-2-4-6-9/h7,9H,2-6,8H2,1H3,(H,13,17)(H,14,16). The van der Waals surface area contributed by atoms with E-state index in [1.807, 2.05) is 10.9 Å². The van der Waals surface area contributed by atoms with Gasteiger partial charge in [-0.15, -0.1) is 0 Å². The van der Waals surface area contributed by atoms with Crippen LogP contribution in [-0.4, -0.2) is 27.7 Å². The Morgan fingerprint density at radius 2 is 2.22 bits per heavy atom. The average Bonchev–Trinajstić information content (AvgIpc) is 2.71. The van der Waals surface area contributed by atoms with Crippen LogP contribution in [0, 0.1) is 0 Å². The van der Waals surface area contributed by atoms with Gasteiger partial charge in [-0.05, 0) is 19.1 Å². The van der Waals surface area contributed by atoms with Gasteiger partial charge in [0, 0.05) is 6.07 Å².